The van der Waals surface area contributed by atoms with Crippen LogP contribution in [0.2, 0.25) is 0 Å². The Labute approximate surface area is 119 Å². The molecule has 3 rings (SSSR count). The van der Waals surface area contributed by atoms with E-state index in [1.54, 1.807) is 6.33 Å². The second-order valence-corrected chi connectivity index (χ2v) is 5.34. The van der Waals surface area contributed by atoms with Gasteiger partial charge in [-0.3, -0.25) is 0 Å². The molecule has 1 aliphatic heterocycles. The third-order valence-electron chi connectivity index (χ3n) is 3.81. The van der Waals surface area contributed by atoms with Crippen molar-refractivity contribution in [3.63, 3.8) is 0 Å². The van der Waals surface area contributed by atoms with Gasteiger partial charge in [0.05, 0.1) is 11.3 Å². The molecule has 1 aromatic carbocycles. The van der Waals surface area contributed by atoms with Crippen molar-refractivity contribution in [2.45, 2.75) is 33.7 Å². The summed E-state index contributed by atoms with van der Waals surface area (Å²) in [6, 6.07) is 4.23. The van der Waals surface area contributed by atoms with Gasteiger partial charge in [-0.15, -0.1) is 0 Å². The van der Waals surface area contributed by atoms with E-state index in [4.69, 9.17) is 4.74 Å². The fourth-order valence-electron chi connectivity index (χ4n) is 2.54. The number of ether oxygens (including phenoxy) is 1. The predicted octanol–water partition coefficient (Wildman–Crippen LogP) is 2.84. The smallest absolute Gasteiger partial charge is 0.227 e. The fraction of sp³-hybridized carbons (Fsp3) is 0.375. The van der Waals surface area contributed by atoms with Crippen LogP contribution in [0.3, 0.4) is 0 Å². The molecule has 0 saturated heterocycles. The number of nitrogens with one attached hydrogen (secondary N) is 1. The number of hydrogen-bond acceptors (Lipinski definition) is 4. The third-order valence-corrected chi connectivity index (χ3v) is 3.81. The van der Waals surface area contributed by atoms with Gasteiger partial charge in [-0.05, 0) is 43.5 Å². The molecule has 0 bridgehead atoms. The van der Waals surface area contributed by atoms with E-state index in [2.05, 4.69) is 48.2 Å². The molecule has 4 heteroatoms. The minimum Gasteiger partial charge on any atom is -0.438 e. The Bertz CT molecular complexity index is 652. The number of hydrogen-bond donors (Lipinski definition) is 1. The maximum absolute atomic E-state index is 6.08. The van der Waals surface area contributed by atoms with Crippen LogP contribution in [0, 0.1) is 20.8 Å². The lowest BCUT2D eigenvalue weighted by Gasteiger charge is -2.19. The number of rotatable bonds is 2. The summed E-state index contributed by atoms with van der Waals surface area (Å²) in [6.07, 6.45) is 2.53. The first kappa shape index (κ1) is 13.1. The Morgan fingerprint density at radius 3 is 2.85 bits per heavy atom. The zero-order valence-electron chi connectivity index (χ0n) is 12.2. The minimum absolute atomic E-state index is 0.676. The summed E-state index contributed by atoms with van der Waals surface area (Å²) in [5.41, 5.74) is 5.77. The van der Waals surface area contributed by atoms with Gasteiger partial charge in [0.1, 0.15) is 12.1 Å². The molecule has 0 unspecified atom stereocenters. The average molecular weight is 269 g/mol. The molecule has 2 heterocycles. The van der Waals surface area contributed by atoms with Crippen molar-refractivity contribution >= 4 is 0 Å². The van der Waals surface area contributed by atoms with Crippen LogP contribution in [-0.2, 0) is 13.0 Å². The second-order valence-electron chi connectivity index (χ2n) is 5.34. The van der Waals surface area contributed by atoms with Crippen molar-refractivity contribution < 1.29 is 4.74 Å². The lowest BCUT2D eigenvalue weighted by Crippen LogP contribution is -2.25. The monoisotopic (exact) mass is 269 g/mol. The SMILES string of the molecule is Cc1cc(C)c(C)c(Oc2ncnc3c2CNCC3)c1. The second kappa shape index (κ2) is 5.21. The Morgan fingerprint density at radius 1 is 1.15 bits per heavy atom. The van der Waals surface area contributed by atoms with Crippen LogP contribution in [0.25, 0.3) is 0 Å². The van der Waals surface area contributed by atoms with Crippen molar-refractivity contribution in [1.82, 2.24) is 15.3 Å². The van der Waals surface area contributed by atoms with Gasteiger partial charge in [0.2, 0.25) is 5.88 Å². The molecular weight excluding hydrogens is 250 g/mol. The molecule has 104 valence electrons. The van der Waals surface area contributed by atoms with Gasteiger partial charge in [0.25, 0.3) is 0 Å². The fourth-order valence-corrected chi connectivity index (χ4v) is 2.54. The summed E-state index contributed by atoms with van der Waals surface area (Å²) in [6.45, 7) is 8.00. The minimum atomic E-state index is 0.676. The van der Waals surface area contributed by atoms with Crippen LogP contribution in [0.4, 0.5) is 0 Å². The van der Waals surface area contributed by atoms with E-state index in [-0.39, 0.29) is 0 Å². The molecule has 20 heavy (non-hydrogen) atoms. The van der Waals surface area contributed by atoms with E-state index in [0.717, 1.165) is 42.1 Å². The van der Waals surface area contributed by atoms with Crippen LogP contribution in [-0.4, -0.2) is 16.5 Å². The highest BCUT2D eigenvalue weighted by atomic mass is 16.5. The van der Waals surface area contributed by atoms with Gasteiger partial charge >= 0.3 is 0 Å². The van der Waals surface area contributed by atoms with E-state index in [9.17, 15) is 0 Å². The maximum Gasteiger partial charge on any atom is 0.227 e. The van der Waals surface area contributed by atoms with Gasteiger partial charge in [0.15, 0.2) is 0 Å². The van der Waals surface area contributed by atoms with Crippen LogP contribution in [0.5, 0.6) is 11.6 Å². The van der Waals surface area contributed by atoms with Crippen molar-refractivity contribution in [1.29, 1.82) is 0 Å². The molecule has 2 aromatic rings. The average Bonchev–Trinajstić information content (AvgIpc) is 2.44. The molecule has 1 aliphatic rings. The summed E-state index contributed by atoms with van der Waals surface area (Å²) in [5, 5.41) is 3.34. The Kier molecular flexibility index (Phi) is 3.40. The first-order valence-corrected chi connectivity index (χ1v) is 6.94. The van der Waals surface area contributed by atoms with E-state index in [1.165, 1.54) is 11.1 Å². The molecule has 0 amide bonds. The third kappa shape index (κ3) is 2.39. The topological polar surface area (TPSA) is 47.0 Å². The van der Waals surface area contributed by atoms with Crippen molar-refractivity contribution in [3.8, 4) is 11.6 Å². The van der Waals surface area contributed by atoms with Crippen LogP contribution in [0.1, 0.15) is 27.9 Å². The highest BCUT2D eigenvalue weighted by molar-refractivity contribution is 5.45. The van der Waals surface area contributed by atoms with Gasteiger partial charge in [0, 0.05) is 19.5 Å². The van der Waals surface area contributed by atoms with Gasteiger partial charge < -0.3 is 10.1 Å². The molecule has 0 radical (unpaired) electrons. The first-order chi connectivity index (χ1) is 9.65. The standard InChI is InChI=1S/C16H19N3O/c1-10-6-11(2)12(3)15(7-10)20-16-13-8-17-5-4-14(13)18-9-19-16/h6-7,9,17H,4-5,8H2,1-3H3. The summed E-state index contributed by atoms with van der Waals surface area (Å²) >= 11 is 0. The Hall–Kier alpha value is -1.94. The molecule has 0 atom stereocenters. The predicted molar refractivity (Wildman–Crippen MR) is 78.2 cm³/mol. The van der Waals surface area contributed by atoms with E-state index in [0.29, 0.717) is 5.88 Å². The van der Waals surface area contributed by atoms with Gasteiger partial charge in [-0.25, -0.2) is 9.97 Å². The largest absolute Gasteiger partial charge is 0.438 e. The summed E-state index contributed by atoms with van der Waals surface area (Å²) in [7, 11) is 0. The lowest BCUT2D eigenvalue weighted by atomic mass is 10.1. The molecule has 0 fully saturated rings. The molecule has 0 saturated carbocycles. The van der Waals surface area contributed by atoms with Crippen LogP contribution >= 0.6 is 0 Å². The van der Waals surface area contributed by atoms with Crippen molar-refractivity contribution in [2.75, 3.05) is 6.54 Å². The van der Waals surface area contributed by atoms with Gasteiger partial charge in [-0.1, -0.05) is 6.07 Å². The highest BCUT2D eigenvalue weighted by Crippen LogP contribution is 2.30. The van der Waals surface area contributed by atoms with Crippen molar-refractivity contribution in [2.24, 2.45) is 0 Å². The van der Waals surface area contributed by atoms with Gasteiger partial charge in [-0.2, -0.15) is 0 Å². The van der Waals surface area contributed by atoms with E-state index in [1.807, 2.05) is 0 Å². The Balaban J connectivity index is 2.00. The Morgan fingerprint density at radius 2 is 2.00 bits per heavy atom. The number of nitrogens with zero attached hydrogens (tertiary/aromatic N) is 2. The molecule has 1 N–H and O–H groups in total. The molecule has 0 aliphatic carbocycles. The quantitative estimate of drug-likeness (QED) is 0.910. The number of benzene rings is 1. The summed E-state index contributed by atoms with van der Waals surface area (Å²) < 4.78 is 6.08. The summed E-state index contributed by atoms with van der Waals surface area (Å²) in [4.78, 5) is 8.66. The number of aromatic nitrogens is 2. The molecule has 4 nitrogen and oxygen atoms in total. The molecule has 1 aromatic heterocycles. The van der Waals surface area contributed by atoms with E-state index >= 15 is 0 Å². The number of aryl methyl sites for hydroxylation is 2. The number of fused-ring (bicyclic) bond motifs is 1. The van der Waals surface area contributed by atoms with E-state index < -0.39 is 0 Å². The van der Waals surface area contributed by atoms with Crippen LogP contribution in [0.15, 0.2) is 18.5 Å². The van der Waals surface area contributed by atoms with Crippen molar-refractivity contribution in [3.05, 3.63) is 46.4 Å². The normalized spacial score (nSPS) is 13.9. The summed E-state index contributed by atoms with van der Waals surface area (Å²) in [5.74, 6) is 1.56. The maximum atomic E-state index is 6.08. The lowest BCUT2D eigenvalue weighted by molar-refractivity contribution is 0.440. The highest BCUT2D eigenvalue weighted by Gasteiger charge is 2.17. The van der Waals surface area contributed by atoms with Crippen LogP contribution < -0.4 is 10.1 Å². The zero-order chi connectivity index (χ0) is 14.1. The first-order valence-electron chi connectivity index (χ1n) is 6.94. The molecular formula is C16H19N3O. The zero-order valence-corrected chi connectivity index (χ0v) is 12.2. The molecule has 0 spiro atoms.